The number of methoxy groups -OCH3 is 1. The van der Waals surface area contributed by atoms with Crippen LogP contribution < -0.4 is 9.64 Å². The molecule has 2 aliphatic rings. The van der Waals surface area contributed by atoms with E-state index in [1.165, 1.54) is 26.0 Å². The molecule has 144 valence electrons. The molecule has 2 aromatic rings. The lowest BCUT2D eigenvalue weighted by Gasteiger charge is -2.45. The van der Waals surface area contributed by atoms with Gasteiger partial charge in [0.05, 0.1) is 12.8 Å². The molecule has 0 aliphatic carbocycles. The van der Waals surface area contributed by atoms with Gasteiger partial charge in [-0.2, -0.15) is 5.10 Å². The highest BCUT2D eigenvalue weighted by molar-refractivity contribution is 5.38. The second-order valence-corrected chi connectivity index (χ2v) is 7.74. The molecular weight excluding hydrogens is 343 g/mol. The second kappa shape index (κ2) is 7.43. The summed E-state index contributed by atoms with van der Waals surface area (Å²) in [7, 11) is 1.52. The Morgan fingerprint density at radius 2 is 1.89 bits per heavy atom. The molecule has 6 heteroatoms. The summed E-state index contributed by atoms with van der Waals surface area (Å²) in [5.74, 6) is 1.00. The largest absolute Gasteiger partial charge is 0.494 e. The lowest BCUT2D eigenvalue weighted by molar-refractivity contribution is 0.0995. The summed E-state index contributed by atoms with van der Waals surface area (Å²) in [6.45, 7) is 5.91. The van der Waals surface area contributed by atoms with Crippen molar-refractivity contribution < 1.29 is 9.13 Å². The molecular formula is C21H27FN4O. The average Bonchev–Trinajstić information content (AvgIpc) is 3.06. The number of benzene rings is 1. The highest BCUT2D eigenvalue weighted by Crippen LogP contribution is 2.40. The molecule has 2 saturated heterocycles. The molecule has 0 radical (unpaired) electrons. The number of aryl methyl sites for hydroxylation is 1. The second-order valence-electron chi connectivity index (χ2n) is 7.74. The first-order valence-electron chi connectivity index (χ1n) is 9.72. The Bertz CT molecular complexity index is 787. The van der Waals surface area contributed by atoms with Crippen LogP contribution in [-0.4, -0.2) is 47.4 Å². The molecule has 0 saturated carbocycles. The van der Waals surface area contributed by atoms with Gasteiger partial charge in [-0.15, -0.1) is 5.10 Å². The van der Waals surface area contributed by atoms with E-state index in [0.717, 1.165) is 56.1 Å². The van der Waals surface area contributed by atoms with Crippen molar-refractivity contribution in [3.05, 3.63) is 47.4 Å². The topological polar surface area (TPSA) is 41.5 Å². The third-order valence-corrected chi connectivity index (χ3v) is 6.13. The lowest BCUT2D eigenvalue weighted by Crippen LogP contribution is -2.52. The van der Waals surface area contributed by atoms with Crippen molar-refractivity contribution >= 4 is 5.82 Å². The molecule has 1 aromatic carbocycles. The number of piperidine rings is 1. The van der Waals surface area contributed by atoms with Crippen molar-refractivity contribution in [3.8, 4) is 5.75 Å². The minimum Gasteiger partial charge on any atom is -0.494 e. The molecule has 1 spiro atoms. The van der Waals surface area contributed by atoms with Crippen molar-refractivity contribution in [3.63, 3.8) is 0 Å². The van der Waals surface area contributed by atoms with Gasteiger partial charge < -0.3 is 9.64 Å². The molecule has 2 fully saturated rings. The predicted molar refractivity (Wildman–Crippen MR) is 104 cm³/mol. The van der Waals surface area contributed by atoms with Crippen LogP contribution >= 0.6 is 0 Å². The van der Waals surface area contributed by atoms with E-state index in [-0.39, 0.29) is 11.4 Å². The number of aromatic nitrogens is 2. The summed E-state index contributed by atoms with van der Waals surface area (Å²) in [6.07, 6.45) is 4.71. The number of hydrogen-bond acceptors (Lipinski definition) is 5. The van der Waals surface area contributed by atoms with Gasteiger partial charge in [0.2, 0.25) is 0 Å². The number of anilines is 1. The maximum atomic E-state index is 13.7. The van der Waals surface area contributed by atoms with Crippen LogP contribution in [0.1, 0.15) is 36.9 Å². The van der Waals surface area contributed by atoms with Gasteiger partial charge in [-0.1, -0.05) is 6.07 Å². The third kappa shape index (κ3) is 3.63. The smallest absolute Gasteiger partial charge is 0.165 e. The summed E-state index contributed by atoms with van der Waals surface area (Å²) < 4.78 is 18.9. The Labute approximate surface area is 160 Å². The van der Waals surface area contributed by atoms with Crippen LogP contribution in [0.2, 0.25) is 0 Å². The third-order valence-electron chi connectivity index (χ3n) is 6.13. The maximum Gasteiger partial charge on any atom is 0.165 e. The molecule has 27 heavy (non-hydrogen) atoms. The summed E-state index contributed by atoms with van der Waals surface area (Å²) in [5.41, 5.74) is 2.31. The van der Waals surface area contributed by atoms with Crippen molar-refractivity contribution in [2.45, 2.75) is 44.7 Å². The monoisotopic (exact) mass is 370 g/mol. The first-order valence-corrected chi connectivity index (χ1v) is 9.72. The van der Waals surface area contributed by atoms with Crippen LogP contribution in [-0.2, 0) is 6.54 Å². The highest BCUT2D eigenvalue weighted by Gasteiger charge is 2.43. The molecule has 0 unspecified atom stereocenters. The maximum absolute atomic E-state index is 13.7. The number of ether oxygens (including phenoxy) is 1. The van der Waals surface area contributed by atoms with Crippen LogP contribution in [0.25, 0.3) is 0 Å². The summed E-state index contributed by atoms with van der Waals surface area (Å²) in [4.78, 5) is 4.94. The fraction of sp³-hybridized carbons (Fsp3) is 0.524. The van der Waals surface area contributed by atoms with Crippen LogP contribution in [0, 0.1) is 12.7 Å². The number of halogens is 1. The molecule has 1 aromatic heterocycles. The molecule has 0 atom stereocenters. The van der Waals surface area contributed by atoms with E-state index in [1.807, 2.05) is 25.1 Å². The zero-order valence-corrected chi connectivity index (χ0v) is 16.1. The molecule has 5 nitrogen and oxygen atoms in total. The zero-order valence-electron chi connectivity index (χ0n) is 16.1. The van der Waals surface area contributed by atoms with Gasteiger partial charge in [-0.25, -0.2) is 4.39 Å². The van der Waals surface area contributed by atoms with Crippen LogP contribution in [0.15, 0.2) is 30.3 Å². The number of nitrogens with zero attached hydrogens (tertiary/aromatic N) is 4. The van der Waals surface area contributed by atoms with Crippen LogP contribution in [0.3, 0.4) is 0 Å². The minimum atomic E-state index is -0.301. The highest BCUT2D eigenvalue weighted by atomic mass is 19.1. The number of rotatable bonds is 4. The van der Waals surface area contributed by atoms with Gasteiger partial charge >= 0.3 is 0 Å². The molecule has 4 rings (SSSR count). The van der Waals surface area contributed by atoms with Crippen molar-refractivity contribution in [2.75, 3.05) is 31.6 Å². The normalized spacial score (nSPS) is 19.6. The SMILES string of the molecule is COc1cc(CN2CCCC23CCN(c2ccc(C)nn2)CC3)ccc1F. The predicted octanol–water partition coefficient (Wildman–Crippen LogP) is 3.57. The van der Waals surface area contributed by atoms with Crippen molar-refractivity contribution in [1.82, 2.24) is 15.1 Å². The standard InChI is InChI=1S/C21H27FN4O/c1-16-4-7-20(24-23-16)25-12-9-21(10-13-25)8-3-11-26(21)15-17-5-6-18(22)19(14-17)27-2/h4-7,14H,3,8-13,15H2,1-2H3. The zero-order chi connectivity index (χ0) is 18.9. The Hall–Kier alpha value is -2.21. The van der Waals surface area contributed by atoms with E-state index in [9.17, 15) is 4.39 Å². The van der Waals surface area contributed by atoms with Crippen molar-refractivity contribution in [2.24, 2.45) is 0 Å². The van der Waals surface area contributed by atoms with Crippen molar-refractivity contribution in [1.29, 1.82) is 0 Å². The summed E-state index contributed by atoms with van der Waals surface area (Å²) in [6, 6.07) is 9.31. The first-order chi connectivity index (χ1) is 13.1. The average molecular weight is 370 g/mol. The summed E-state index contributed by atoms with van der Waals surface area (Å²) in [5, 5.41) is 8.54. The minimum absolute atomic E-state index is 0.246. The quantitative estimate of drug-likeness (QED) is 0.823. The van der Waals surface area contributed by atoms with E-state index in [4.69, 9.17) is 4.74 Å². The van der Waals surface area contributed by atoms with Crippen LogP contribution in [0.4, 0.5) is 10.2 Å². The molecule has 0 bridgehead atoms. The van der Waals surface area contributed by atoms with E-state index in [1.54, 1.807) is 0 Å². The van der Waals surface area contributed by atoms with Gasteiger partial charge in [0.1, 0.15) is 0 Å². The van der Waals surface area contributed by atoms with E-state index in [0.29, 0.717) is 5.75 Å². The van der Waals surface area contributed by atoms with E-state index >= 15 is 0 Å². The Morgan fingerprint density at radius 3 is 2.59 bits per heavy atom. The molecule has 3 heterocycles. The van der Waals surface area contributed by atoms with Gasteiger partial charge in [-0.05, 0) is 69.0 Å². The number of hydrogen-bond donors (Lipinski definition) is 0. The number of likely N-dealkylation sites (tertiary alicyclic amines) is 1. The Morgan fingerprint density at radius 1 is 1.07 bits per heavy atom. The fourth-order valence-corrected chi connectivity index (χ4v) is 4.54. The molecule has 0 amide bonds. The van der Waals surface area contributed by atoms with Gasteiger partial charge in [-0.3, -0.25) is 4.90 Å². The van der Waals surface area contributed by atoms with E-state index in [2.05, 4.69) is 26.1 Å². The van der Waals surface area contributed by atoms with Gasteiger partial charge in [0.25, 0.3) is 0 Å². The lowest BCUT2D eigenvalue weighted by atomic mass is 9.84. The summed E-state index contributed by atoms with van der Waals surface area (Å²) >= 11 is 0. The Kier molecular flexibility index (Phi) is 5.00. The first kappa shape index (κ1) is 18.2. The Balaban J connectivity index is 1.44. The fourth-order valence-electron chi connectivity index (χ4n) is 4.54. The van der Waals surface area contributed by atoms with Crippen LogP contribution in [0.5, 0.6) is 5.75 Å². The van der Waals surface area contributed by atoms with Gasteiger partial charge in [0, 0.05) is 25.2 Å². The van der Waals surface area contributed by atoms with Gasteiger partial charge in [0.15, 0.2) is 17.4 Å². The van der Waals surface area contributed by atoms with E-state index < -0.39 is 0 Å². The molecule has 2 aliphatic heterocycles. The molecule has 0 N–H and O–H groups in total.